The minimum atomic E-state index is -1.04. The number of rotatable bonds is 5. The quantitative estimate of drug-likeness (QED) is 0.870. The lowest BCUT2D eigenvalue weighted by molar-refractivity contribution is 0.0694. The van der Waals surface area contributed by atoms with E-state index in [9.17, 15) is 9.18 Å². The molecule has 0 bridgehead atoms. The van der Waals surface area contributed by atoms with Crippen LogP contribution in [0.25, 0.3) is 0 Å². The van der Waals surface area contributed by atoms with Gasteiger partial charge in [-0.05, 0) is 19.1 Å². The highest BCUT2D eigenvalue weighted by molar-refractivity contribution is 5.88. The van der Waals surface area contributed by atoms with Gasteiger partial charge in [0.15, 0.2) is 0 Å². The van der Waals surface area contributed by atoms with Crippen molar-refractivity contribution in [1.82, 2.24) is 5.32 Å². The smallest absolute Gasteiger partial charge is 0.339 e. The second kappa shape index (κ2) is 5.67. The lowest BCUT2D eigenvalue weighted by atomic mass is 10.1. The van der Waals surface area contributed by atoms with E-state index < -0.39 is 5.97 Å². The van der Waals surface area contributed by atoms with Crippen molar-refractivity contribution < 1.29 is 18.7 Å². The predicted molar refractivity (Wildman–Crippen MR) is 67.3 cm³/mol. The van der Waals surface area contributed by atoms with E-state index in [1.54, 1.807) is 18.2 Å². The molecule has 1 heterocycles. The van der Waals surface area contributed by atoms with Crippen molar-refractivity contribution in [3.8, 4) is 0 Å². The molecule has 1 aromatic heterocycles. The number of furan rings is 1. The van der Waals surface area contributed by atoms with Crippen molar-refractivity contribution in [2.75, 3.05) is 0 Å². The van der Waals surface area contributed by atoms with Gasteiger partial charge in [0.2, 0.25) is 0 Å². The molecule has 0 spiro atoms. The fourth-order valence-corrected chi connectivity index (χ4v) is 1.85. The molecular weight excluding hydrogens is 249 g/mol. The zero-order valence-electron chi connectivity index (χ0n) is 10.4. The Balaban J connectivity index is 2.05. The number of aromatic carboxylic acids is 1. The summed E-state index contributed by atoms with van der Waals surface area (Å²) in [6.45, 7) is 2.03. The molecule has 0 saturated heterocycles. The Morgan fingerprint density at radius 3 is 2.84 bits per heavy atom. The summed E-state index contributed by atoms with van der Waals surface area (Å²) in [5.74, 6) is -1.000. The summed E-state index contributed by atoms with van der Waals surface area (Å²) < 4.78 is 18.7. The highest BCUT2D eigenvalue weighted by Gasteiger charge is 2.15. The van der Waals surface area contributed by atoms with Crippen LogP contribution in [0.5, 0.6) is 0 Å². The maximum Gasteiger partial charge on any atom is 0.339 e. The fourth-order valence-electron chi connectivity index (χ4n) is 1.85. The average Bonchev–Trinajstić information content (AvgIpc) is 2.85. The first kappa shape index (κ1) is 13.3. The van der Waals surface area contributed by atoms with Crippen molar-refractivity contribution in [3.63, 3.8) is 0 Å². The third-order valence-corrected chi connectivity index (χ3v) is 2.92. The van der Waals surface area contributed by atoms with Crippen molar-refractivity contribution in [1.29, 1.82) is 0 Å². The lowest BCUT2D eigenvalue weighted by Crippen LogP contribution is -2.20. The molecule has 0 aliphatic carbocycles. The summed E-state index contributed by atoms with van der Waals surface area (Å²) in [7, 11) is 0. The normalized spacial score (nSPS) is 12.3. The maximum absolute atomic E-state index is 13.6. The summed E-state index contributed by atoms with van der Waals surface area (Å²) >= 11 is 0. The van der Waals surface area contributed by atoms with Gasteiger partial charge in [0.05, 0.1) is 12.8 Å². The largest absolute Gasteiger partial charge is 0.478 e. The Morgan fingerprint density at radius 1 is 1.42 bits per heavy atom. The maximum atomic E-state index is 13.6. The number of carbonyl (C=O) groups is 1. The molecule has 0 amide bonds. The molecule has 1 aromatic carbocycles. The van der Waals surface area contributed by atoms with Crippen LogP contribution in [-0.2, 0) is 6.54 Å². The van der Waals surface area contributed by atoms with Crippen LogP contribution in [0, 0.1) is 5.82 Å². The minimum absolute atomic E-state index is 0.119. The van der Waals surface area contributed by atoms with E-state index in [0.29, 0.717) is 11.3 Å². The van der Waals surface area contributed by atoms with Gasteiger partial charge < -0.3 is 14.8 Å². The van der Waals surface area contributed by atoms with Crippen LogP contribution >= 0.6 is 0 Å². The van der Waals surface area contributed by atoms with Crippen molar-refractivity contribution in [2.24, 2.45) is 0 Å². The van der Waals surface area contributed by atoms with Crippen molar-refractivity contribution >= 4 is 5.97 Å². The van der Waals surface area contributed by atoms with E-state index in [4.69, 9.17) is 9.52 Å². The lowest BCUT2D eigenvalue weighted by Gasteiger charge is -2.14. The third-order valence-electron chi connectivity index (χ3n) is 2.92. The fraction of sp³-hybridized carbons (Fsp3) is 0.214. The first-order valence-corrected chi connectivity index (χ1v) is 5.87. The number of hydrogen-bond acceptors (Lipinski definition) is 3. The van der Waals surface area contributed by atoms with E-state index in [-0.39, 0.29) is 24.0 Å². The molecule has 2 N–H and O–H groups in total. The summed E-state index contributed by atoms with van der Waals surface area (Å²) in [4.78, 5) is 10.9. The molecule has 0 saturated carbocycles. The molecule has 19 heavy (non-hydrogen) atoms. The molecule has 0 aliphatic rings. The number of hydrogen-bond donors (Lipinski definition) is 2. The van der Waals surface area contributed by atoms with Crippen LogP contribution < -0.4 is 5.32 Å². The Morgan fingerprint density at radius 2 is 2.16 bits per heavy atom. The van der Waals surface area contributed by atoms with Crippen LogP contribution in [0.2, 0.25) is 0 Å². The molecule has 1 atom stereocenters. The number of nitrogens with one attached hydrogen (secondary N) is 1. The van der Waals surface area contributed by atoms with E-state index in [1.165, 1.54) is 18.4 Å². The SMILES string of the molecule is CC(NCc1occc1C(=O)O)c1ccccc1F. The molecule has 0 radical (unpaired) electrons. The Kier molecular flexibility index (Phi) is 3.97. The zero-order chi connectivity index (χ0) is 13.8. The molecule has 5 heteroatoms. The summed E-state index contributed by atoms with van der Waals surface area (Å²) in [5, 5.41) is 12.0. The van der Waals surface area contributed by atoms with Gasteiger partial charge in [0, 0.05) is 11.6 Å². The van der Waals surface area contributed by atoms with Gasteiger partial charge in [-0.2, -0.15) is 0 Å². The van der Waals surface area contributed by atoms with E-state index in [2.05, 4.69) is 5.32 Å². The summed E-state index contributed by atoms with van der Waals surface area (Å²) in [6.07, 6.45) is 1.33. The molecule has 2 rings (SSSR count). The summed E-state index contributed by atoms with van der Waals surface area (Å²) in [6, 6.07) is 7.61. The Hall–Kier alpha value is -2.14. The average molecular weight is 263 g/mol. The molecule has 2 aromatic rings. The molecular formula is C14H14FNO3. The van der Waals surface area contributed by atoms with Crippen LogP contribution in [-0.4, -0.2) is 11.1 Å². The second-order valence-corrected chi connectivity index (χ2v) is 4.19. The van der Waals surface area contributed by atoms with E-state index >= 15 is 0 Å². The van der Waals surface area contributed by atoms with Crippen LogP contribution in [0.4, 0.5) is 4.39 Å². The van der Waals surface area contributed by atoms with Gasteiger partial charge in [0.1, 0.15) is 17.1 Å². The first-order chi connectivity index (χ1) is 9.09. The molecule has 4 nitrogen and oxygen atoms in total. The monoisotopic (exact) mass is 263 g/mol. The first-order valence-electron chi connectivity index (χ1n) is 5.87. The molecule has 100 valence electrons. The highest BCUT2D eigenvalue weighted by atomic mass is 19.1. The van der Waals surface area contributed by atoms with Crippen LogP contribution in [0.3, 0.4) is 0 Å². The summed E-state index contributed by atoms with van der Waals surface area (Å²) in [5.41, 5.74) is 0.652. The van der Waals surface area contributed by atoms with Gasteiger partial charge in [-0.3, -0.25) is 0 Å². The zero-order valence-corrected chi connectivity index (χ0v) is 10.4. The number of carboxylic acids is 1. The molecule has 0 aliphatic heterocycles. The topological polar surface area (TPSA) is 62.5 Å². The Bertz CT molecular complexity index is 580. The van der Waals surface area contributed by atoms with Crippen molar-refractivity contribution in [3.05, 3.63) is 59.3 Å². The third kappa shape index (κ3) is 3.00. The van der Waals surface area contributed by atoms with Gasteiger partial charge in [-0.25, -0.2) is 9.18 Å². The van der Waals surface area contributed by atoms with Crippen molar-refractivity contribution in [2.45, 2.75) is 19.5 Å². The Labute approximate surface area is 109 Å². The highest BCUT2D eigenvalue weighted by Crippen LogP contribution is 2.18. The van der Waals surface area contributed by atoms with Crippen LogP contribution in [0.15, 0.2) is 41.0 Å². The number of carboxylic acid groups (broad SMARTS) is 1. The van der Waals surface area contributed by atoms with E-state index in [1.807, 2.05) is 6.92 Å². The molecule has 1 unspecified atom stereocenters. The molecule has 0 fully saturated rings. The van der Waals surface area contributed by atoms with Crippen LogP contribution in [0.1, 0.15) is 34.6 Å². The standard InChI is InChI=1S/C14H14FNO3/c1-9(10-4-2-3-5-12(10)15)16-8-13-11(14(17)18)6-7-19-13/h2-7,9,16H,8H2,1H3,(H,17,18). The van der Waals surface area contributed by atoms with Gasteiger partial charge in [-0.15, -0.1) is 0 Å². The number of halogens is 1. The van der Waals surface area contributed by atoms with Gasteiger partial charge in [0.25, 0.3) is 0 Å². The van der Waals surface area contributed by atoms with E-state index in [0.717, 1.165) is 0 Å². The predicted octanol–water partition coefficient (Wildman–Crippen LogP) is 2.97. The van der Waals surface area contributed by atoms with Gasteiger partial charge >= 0.3 is 5.97 Å². The second-order valence-electron chi connectivity index (χ2n) is 4.19. The number of benzene rings is 1. The minimum Gasteiger partial charge on any atom is -0.478 e. The van der Waals surface area contributed by atoms with Gasteiger partial charge in [-0.1, -0.05) is 18.2 Å².